The average molecular weight is 253 g/mol. The molecule has 19 heavy (non-hydrogen) atoms. The molecule has 100 valence electrons. The van der Waals surface area contributed by atoms with Crippen LogP contribution in [0, 0.1) is 6.92 Å². The van der Waals surface area contributed by atoms with E-state index in [0.29, 0.717) is 0 Å². The quantitative estimate of drug-likeness (QED) is 0.646. The third kappa shape index (κ3) is 3.92. The summed E-state index contributed by atoms with van der Waals surface area (Å²) in [5.41, 5.74) is 5.15. The highest BCUT2D eigenvalue weighted by molar-refractivity contribution is 5.60. The van der Waals surface area contributed by atoms with E-state index in [1.54, 1.807) is 0 Å². The van der Waals surface area contributed by atoms with Crippen LogP contribution in [0.5, 0.6) is 0 Å². The zero-order valence-corrected chi connectivity index (χ0v) is 12.0. The number of hydrogen-bond donors (Lipinski definition) is 0. The van der Waals surface area contributed by atoms with E-state index in [1.165, 1.54) is 48.8 Å². The number of unbranched alkanes of at least 4 members (excludes halogenated alkanes) is 3. The molecule has 0 unspecified atom stereocenters. The Labute approximate surface area is 116 Å². The molecule has 0 saturated heterocycles. The predicted molar refractivity (Wildman–Crippen MR) is 82.3 cm³/mol. The number of pyridine rings is 1. The number of benzene rings is 1. The normalized spacial score (nSPS) is 10.6. The minimum atomic E-state index is 1.06. The van der Waals surface area contributed by atoms with Gasteiger partial charge < -0.3 is 0 Å². The molecule has 1 aromatic carbocycles. The second-order valence-electron chi connectivity index (χ2n) is 5.17. The first-order valence-electron chi connectivity index (χ1n) is 7.32. The third-order valence-corrected chi connectivity index (χ3v) is 3.60. The molecule has 0 bridgehead atoms. The van der Waals surface area contributed by atoms with Gasteiger partial charge in [0.25, 0.3) is 0 Å². The Morgan fingerprint density at radius 3 is 2.58 bits per heavy atom. The number of hydrogen-bond acceptors (Lipinski definition) is 1. The van der Waals surface area contributed by atoms with Gasteiger partial charge in [0.05, 0.1) is 5.69 Å². The van der Waals surface area contributed by atoms with E-state index in [1.807, 2.05) is 18.3 Å². The molecule has 2 aromatic rings. The highest BCUT2D eigenvalue weighted by Gasteiger charge is 2.03. The smallest absolute Gasteiger partial charge is 0.0702 e. The Bertz CT molecular complexity index is 502. The Balaban J connectivity index is 2.05. The maximum atomic E-state index is 4.41. The summed E-state index contributed by atoms with van der Waals surface area (Å²) in [6, 6.07) is 12.8. The molecule has 1 aromatic heterocycles. The van der Waals surface area contributed by atoms with Crippen LogP contribution in [0.4, 0.5) is 0 Å². The van der Waals surface area contributed by atoms with E-state index in [9.17, 15) is 0 Å². The van der Waals surface area contributed by atoms with Crippen molar-refractivity contribution >= 4 is 0 Å². The molecule has 0 N–H and O–H groups in total. The summed E-state index contributed by atoms with van der Waals surface area (Å²) in [4.78, 5) is 4.41. The van der Waals surface area contributed by atoms with Gasteiger partial charge in [-0.15, -0.1) is 0 Å². The molecule has 2 rings (SSSR count). The van der Waals surface area contributed by atoms with Gasteiger partial charge in [-0.1, -0.05) is 44.4 Å². The lowest BCUT2D eigenvalue weighted by Crippen LogP contribution is -1.92. The molecule has 0 aliphatic rings. The fourth-order valence-corrected chi connectivity index (χ4v) is 2.41. The first-order valence-corrected chi connectivity index (χ1v) is 7.32. The van der Waals surface area contributed by atoms with E-state index in [4.69, 9.17) is 0 Å². The van der Waals surface area contributed by atoms with Gasteiger partial charge in [-0.3, -0.25) is 4.98 Å². The molecule has 0 fully saturated rings. The van der Waals surface area contributed by atoms with Crippen molar-refractivity contribution in [3.63, 3.8) is 0 Å². The van der Waals surface area contributed by atoms with E-state index >= 15 is 0 Å². The minimum absolute atomic E-state index is 1.06. The SMILES string of the molecule is CCCCCCc1ccc(-c2ccccn2)cc1C. The predicted octanol–water partition coefficient (Wildman–Crippen LogP) is 5.18. The molecule has 1 heterocycles. The second-order valence-corrected chi connectivity index (χ2v) is 5.17. The first kappa shape index (κ1) is 13.8. The van der Waals surface area contributed by atoms with E-state index in [0.717, 1.165) is 5.69 Å². The lowest BCUT2D eigenvalue weighted by atomic mass is 9.98. The van der Waals surface area contributed by atoms with Crippen molar-refractivity contribution in [2.75, 3.05) is 0 Å². The maximum absolute atomic E-state index is 4.41. The molecule has 0 aliphatic heterocycles. The minimum Gasteiger partial charge on any atom is -0.256 e. The second kappa shape index (κ2) is 7.08. The van der Waals surface area contributed by atoms with Gasteiger partial charge in [-0.25, -0.2) is 0 Å². The maximum Gasteiger partial charge on any atom is 0.0702 e. The van der Waals surface area contributed by atoms with Crippen molar-refractivity contribution in [3.05, 3.63) is 53.7 Å². The van der Waals surface area contributed by atoms with Crippen LogP contribution in [0.3, 0.4) is 0 Å². The lowest BCUT2D eigenvalue weighted by molar-refractivity contribution is 0.666. The van der Waals surface area contributed by atoms with Crippen molar-refractivity contribution in [1.29, 1.82) is 0 Å². The van der Waals surface area contributed by atoms with Gasteiger partial charge >= 0.3 is 0 Å². The summed E-state index contributed by atoms with van der Waals surface area (Å²) in [5, 5.41) is 0. The third-order valence-electron chi connectivity index (χ3n) is 3.60. The standard InChI is InChI=1S/C18H23N/c1-3-4-5-6-9-16-11-12-17(14-15(16)2)18-10-7-8-13-19-18/h7-8,10-14H,3-6,9H2,1-2H3. The molecular formula is C18H23N. The van der Waals surface area contributed by atoms with Crippen LogP contribution in [0.2, 0.25) is 0 Å². The van der Waals surface area contributed by atoms with Crippen LogP contribution in [0.15, 0.2) is 42.6 Å². The molecule has 1 heteroatoms. The summed E-state index contributed by atoms with van der Waals surface area (Å²) in [5.74, 6) is 0. The van der Waals surface area contributed by atoms with Crippen molar-refractivity contribution < 1.29 is 0 Å². The van der Waals surface area contributed by atoms with Crippen molar-refractivity contribution in [3.8, 4) is 11.3 Å². The van der Waals surface area contributed by atoms with Crippen molar-refractivity contribution in [1.82, 2.24) is 4.98 Å². The van der Waals surface area contributed by atoms with E-state index in [2.05, 4.69) is 43.1 Å². The zero-order valence-electron chi connectivity index (χ0n) is 12.0. The van der Waals surface area contributed by atoms with Crippen LogP contribution in [-0.2, 0) is 6.42 Å². The zero-order chi connectivity index (χ0) is 13.5. The molecule has 0 saturated carbocycles. The molecular weight excluding hydrogens is 230 g/mol. The van der Waals surface area contributed by atoms with Crippen LogP contribution in [0.25, 0.3) is 11.3 Å². The number of nitrogens with zero attached hydrogens (tertiary/aromatic N) is 1. The Morgan fingerprint density at radius 2 is 1.89 bits per heavy atom. The molecule has 0 atom stereocenters. The largest absolute Gasteiger partial charge is 0.256 e. The molecule has 0 radical (unpaired) electrons. The summed E-state index contributed by atoms with van der Waals surface area (Å²) >= 11 is 0. The topological polar surface area (TPSA) is 12.9 Å². The molecule has 1 nitrogen and oxygen atoms in total. The highest BCUT2D eigenvalue weighted by Crippen LogP contribution is 2.21. The van der Waals surface area contributed by atoms with E-state index in [-0.39, 0.29) is 0 Å². The summed E-state index contributed by atoms with van der Waals surface area (Å²) < 4.78 is 0. The molecule has 0 aliphatic carbocycles. The fraction of sp³-hybridized carbons (Fsp3) is 0.389. The summed E-state index contributed by atoms with van der Waals surface area (Å²) in [6.07, 6.45) is 8.36. The number of aromatic nitrogens is 1. The molecule has 0 spiro atoms. The van der Waals surface area contributed by atoms with Gasteiger partial charge in [0.1, 0.15) is 0 Å². The van der Waals surface area contributed by atoms with Gasteiger partial charge in [0.15, 0.2) is 0 Å². The summed E-state index contributed by atoms with van der Waals surface area (Å²) in [7, 11) is 0. The Hall–Kier alpha value is -1.63. The first-order chi connectivity index (χ1) is 9.31. The van der Waals surface area contributed by atoms with Gasteiger partial charge in [-0.05, 0) is 49.1 Å². The molecule has 0 amide bonds. The summed E-state index contributed by atoms with van der Waals surface area (Å²) in [6.45, 7) is 4.47. The fourth-order valence-electron chi connectivity index (χ4n) is 2.41. The Morgan fingerprint density at radius 1 is 1.00 bits per heavy atom. The average Bonchev–Trinajstić information content (AvgIpc) is 2.46. The highest BCUT2D eigenvalue weighted by atomic mass is 14.7. The van der Waals surface area contributed by atoms with E-state index < -0.39 is 0 Å². The van der Waals surface area contributed by atoms with Crippen LogP contribution < -0.4 is 0 Å². The van der Waals surface area contributed by atoms with Crippen molar-refractivity contribution in [2.45, 2.75) is 46.0 Å². The van der Waals surface area contributed by atoms with Crippen LogP contribution in [0.1, 0.15) is 43.7 Å². The van der Waals surface area contributed by atoms with Crippen molar-refractivity contribution in [2.24, 2.45) is 0 Å². The van der Waals surface area contributed by atoms with Gasteiger partial charge in [0.2, 0.25) is 0 Å². The monoisotopic (exact) mass is 253 g/mol. The number of rotatable bonds is 6. The number of aryl methyl sites for hydroxylation is 2. The van der Waals surface area contributed by atoms with Crippen LogP contribution >= 0.6 is 0 Å². The van der Waals surface area contributed by atoms with Gasteiger partial charge in [0, 0.05) is 11.8 Å². The van der Waals surface area contributed by atoms with Gasteiger partial charge in [-0.2, -0.15) is 0 Å². The lowest BCUT2D eigenvalue weighted by Gasteiger charge is -2.08. The Kier molecular flexibility index (Phi) is 5.14. The van der Waals surface area contributed by atoms with Crippen LogP contribution in [-0.4, -0.2) is 4.98 Å².